The summed E-state index contributed by atoms with van der Waals surface area (Å²) < 4.78 is 0.740. The van der Waals surface area contributed by atoms with Crippen molar-refractivity contribution in [2.75, 3.05) is 0 Å². The molecule has 1 N–H and O–H groups in total. The lowest BCUT2D eigenvalue weighted by atomic mass is 10.1. The zero-order valence-corrected chi connectivity index (χ0v) is 9.06. The second-order valence-corrected chi connectivity index (χ2v) is 3.97. The van der Waals surface area contributed by atoms with Crippen LogP contribution in [0, 0.1) is 10.1 Å². The Balaban J connectivity index is 2.90. The van der Waals surface area contributed by atoms with Gasteiger partial charge >= 0.3 is 5.69 Å². The van der Waals surface area contributed by atoms with E-state index in [4.69, 9.17) is 0 Å². The molecule has 0 spiro atoms. The van der Waals surface area contributed by atoms with E-state index in [0.717, 1.165) is 9.86 Å². The zero-order valence-electron chi connectivity index (χ0n) is 7.48. The molecule has 0 fully saturated rings. The number of nitro benzene ring substituents is 1. The molecule has 0 amide bonds. The first-order valence-electron chi connectivity index (χ1n) is 4.15. The molecule has 0 aliphatic rings. The Labute approximate surface area is 93.4 Å². The lowest BCUT2D eigenvalue weighted by molar-refractivity contribution is -0.384. The van der Waals surface area contributed by atoms with E-state index in [1.807, 2.05) is 0 Å². The molecule has 0 bridgehead atoms. The number of hydrogen-bond acceptors (Lipinski definition) is 3. The van der Waals surface area contributed by atoms with Crippen molar-refractivity contribution in [2.45, 2.75) is 0 Å². The lowest BCUT2D eigenvalue weighted by Crippen LogP contribution is -1.90. The van der Waals surface area contributed by atoms with Crippen molar-refractivity contribution in [3.05, 3.63) is 44.9 Å². The largest absolute Gasteiger partial charge is 0.502 e. The summed E-state index contributed by atoms with van der Waals surface area (Å²) in [7, 11) is 0. The molecule has 76 valence electrons. The molecule has 0 aliphatic carbocycles. The maximum atomic E-state index is 10.8. The number of nitrogens with zero attached hydrogens (tertiary/aromatic N) is 1. The molecule has 2 aromatic carbocycles. The van der Waals surface area contributed by atoms with Crippen molar-refractivity contribution in [3.63, 3.8) is 0 Å². The number of fused-ring (bicyclic) bond motifs is 1. The van der Waals surface area contributed by atoms with Crippen LogP contribution in [0.4, 0.5) is 5.69 Å². The Hall–Kier alpha value is -1.62. The van der Waals surface area contributed by atoms with Crippen LogP contribution in [0.2, 0.25) is 0 Å². The third kappa shape index (κ3) is 1.66. The number of hydrogen-bond donors (Lipinski definition) is 1. The number of phenols is 1. The quantitative estimate of drug-likeness (QED) is 0.638. The number of nitro groups is 1. The number of benzene rings is 2. The summed E-state index contributed by atoms with van der Waals surface area (Å²) in [6.07, 6.45) is 0. The van der Waals surface area contributed by atoms with E-state index in [0.29, 0.717) is 5.39 Å². The maximum Gasteiger partial charge on any atom is 0.318 e. The van der Waals surface area contributed by atoms with E-state index in [-0.39, 0.29) is 11.4 Å². The molecule has 0 saturated heterocycles. The molecule has 0 radical (unpaired) electrons. The monoisotopic (exact) mass is 267 g/mol. The van der Waals surface area contributed by atoms with Crippen molar-refractivity contribution in [1.29, 1.82) is 0 Å². The van der Waals surface area contributed by atoms with E-state index in [1.165, 1.54) is 6.07 Å². The number of rotatable bonds is 1. The third-order valence-electron chi connectivity index (χ3n) is 2.12. The molecular formula is C10H6BrNO3. The Morgan fingerprint density at radius 1 is 1.27 bits per heavy atom. The number of phenolic OH excluding ortho intramolecular Hbond substituents is 1. The molecule has 4 nitrogen and oxygen atoms in total. The van der Waals surface area contributed by atoms with E-state index >= 15 is 0 Å². The van der Waals surface area contributed by atoms with Crippen LogP contribution in [-0.4, -0.2) is 10.0 Å². The maximum absolute atomic E-state index is 10.8. The van der Waals surface area contributed by atoms with E-state index in [1.54, 1.807) is 24.3 Å². The highest BCUT2D eigenvalue weighted by molar-refractivity contribution is 9.10. The highest BCUT2D eigenvalue weighted by Crippen LogP contribution is 2.35. The molecule has 2 rings (SSSR count). The SMILES string of the molecule is O=[N+]([O-])c1c(O)ccc2ccc(Br)cc12. The van der Waals surface area contributed by atoms with Gasteiger partial charge in [0.2, 0.25) is 0 Å². The van der Waals surface area contributed by atoms with Gasteiger partial charge in [-0.25, -0.2) is 0 Å². The predicted octanol–water partition coefficient (Wildman–Crippen LogP) is 3.22. The van der Waals surface area contributed by atoms with Crippen LogP contribution < -0.4 is 0 Å². The third-order valence-corrected chi connectivity index (χ3v) is 2.61. The number of aromatic hydroxyl groups is 1. The summed E-state index contributed by atoms with van der Waals surface area (Å²) in [6, 6.07) is 8.14. The van der Waals surface area contributed by atoms with Gasteiger partial charge in [0.25, 0.3) is 0 Å². The van der Waals surface area contributed by atoms with Gasteiger partial charge in [-0.15, -0.1) is 0 Å². The first-order chi connectivity index (χ1) is 7.09. The molecule has 0 aromatic heterocycles. The summed E-state index contributed by atoms with van der Waals surface area (Å²) in [6.45, 7) is 0. The van der Waals surface area contributed by atoms with Crippen LogP contribution in [0.15, 0.2) is 34.8 Å². The molecule has 0 aliphatic heterocycles. The molecule has 0 heterocycles. The van der Waals surface area contributed by atoms with E-state index in [2.05, 4.69) is 15.9 Å². The van der Waals surface area contributed by atoms with Crippen molar-refractivity contribution in [2.24, 2.45) is 0 Å². The van der Waals surface area contributed by atoms with Gasteiger partial charge in [-0.1, -0.05) is 28.1 Å². The van der Waals surface area contributed by atoms with Gasteiger partial charge in [-0.2, -0.15) is 0 Å². The van der Waals surface area contributed by atoms with Gasteiger partial charge in [0.05, 0.1) is 10.3 Å². The zero-order chi connectivity index (χ0) is 11.0. The molecule has 0 unspecified atom stereocenters. The summed E-state index contributed by atoms with van der Waals surface area (Å²) in [4.78, 5) is 10.2. The minimum atomic E-state index is -0.579. The van der Waals surface area contributed by atoms with Gasteiger partial charge in [-0.05, 0) is 23.6 Å². The fourth-order valence-corrected chi connectivity index (χ4v) is 1.82. The highest BCUT2D eigenvalue weighted by Gasteiger charge is 2.17. The van der Waals surface area contributed by atoms with Gasteiger partial charge < -0.3 is 5.11 Å². The van der Waals surface area contributed by atoms with Crippen molar-refractivity contribution >= 4 is 32.4 Å². The summed E-state index contributed by atoms with van der Waals surface area (Å²) in [5, 5.41) is 21.3. The molecule has 2 aromatic rings. The standard InChI is InChI=1S/C10H6BrNO3/c11-7-3-1-6-2-4-9(13)10(12(14)15)8(6)5-7/h1-5,13H. The number of halogens is 1. The predicted molar refractivity (Wildman–Crippen MR) is 60.0 cm³/mol. The molecule has 5 heteroatoms. The van der Waals surface area contributed by atoms with Gasteiger partial charge in [0.15, 0.2) is 5.75 Å². The minimum Gasteiger partial charge on any atom is -0.502 e. The smallest absolute Gasteiger partial charge is 0.318 e. The second-order valence-electron chi connectivity index (χ2n) is 3.06. The molecule has 15 heavy (non-hydrogen) atoms. The fourth-order valence-electron chi connectivity index (χ4n) is 1.46. The van der Waals surface area contributed by atoms with Gasteiger partial charge in [0, 0.05) is 4.47 Å². The fraction of sp³-hybridized carbons (Fsp3) is 0. The normalized spacial score (nSPS) is 10.5. The topological polar surface area (TPSA) is 63.4 Å². The van der Waals surface area contributed by atoms with Crippen molar-refractivity contribution in [3.8, 4) is 5.75 Å². The first kappa shape index (κ1) is 9.92. The van der Waals surface area contributed by atoms with Crippen LogP contribution in [0.3, 0.4) is 0 Å². The summed E-state index contributed by atoms with van der Waals surface area (Å²) in [5.41, 5.74) is -0.256. The van der Waals surface area contributed by atoms with E-state index in [9.17, 15) is 15.2 Å². The lowest BCUT2D eigenvalue weighted by Gasteiger charge is -2.01. The van der Waals surface area contributed by atoms with Crippen molar-refractivity contribution in [1.82, 2.24) is 0 Å². The first-order valence-corrected chi connectivity index (χ1v) is 4.94. The van der Waals surface area contributed by atoms with E-state index < -0.39 is 4.92 Å². The molecule has 0 saturated carbocycles. The molecular weight excluding hydrogens is 262 g/mol. The second kappa shape index (κ2) is 3.51. The van der Waals surface area contributed by atoms with Crippen LogP contribution in [0.5, 0.6) is 5.75 Å². The Kier molecular flexibility index (Phi) is 2.32. The Bertz CT molecular complexity index is 548. The highest BCUT2D eigenvalue weighted by atomic mass is 79.9. The van der Waals surface area contributed by atoms with Crippen molar-refractivity contribution < 1.29 is 10.0 Å². The average molecular weight is 268 g/mol. The van der Waals surface area contributed by atoms with Gasteiger partial charge in [-0.3, -0.25) is 10.1 Å². The van der Waals surface area contributed by atoms with Crippen LogP contribution >= 0.6 is 15.9 Å². The summed E-state index contributed by atoms with van der Waals surface area (Å²) in [5.74, 6) is -0.314. The van der Waals surface area contributed by atoms with Crippen LogP contribution in [-0.2, 0) is 0 Å². The molecule has 0 atom stereocenters. The summed E-state index contributed by atoms with van der Waals surface area (Å²) >= 11 is 3.24. The minimum absolute atomic E-state index is 0.256. The van der Waals surface area contributed by atoms with Crippen LogP contribution in [0.25, 0.3) is 10.8 Å². The Morgan fingerprint density at radius 3 is 2.60 bits per heavy atom. The van der Waals surface area contributed by atoms with Gasteiger partial charge in [0.1, 0.15) is 0 Å². The van der Waals surface area contributed by atoms with Crippen LogP contribution in [0.1, 0.15) is 0 Å². The Morgan fingerprint density at radius 2 is 1.93 bits per heavy atom. The average Bonchev–Trinajstić information content (AvgIpc) is 2.16.